The van der Waals surface area contributed by atoms with Crippen molar-refractivity contribution in [1.82, 2.24) is 15.5 Å². The molecule has 0 fully saturated rings. The molecular formula is C12H10F3N3O4. The Balaban J connectivity index is 2.15. The molecule has 0 spiro atoms. The highest BCUT2D eigenvalue weighted by atomic mass is 19.4. The van der Waals surface area contributed by atoms with Gasteiger partial charge in [0.1, 0.15) is 5.75 Å². The molecule has 10 heteroatoms. The molecule has 1 aromatic carbocycles. The van der Waals surface area contributed by atoms with Gasteiger partial charge in [-0.3, -0.25) is 0 Å². The van der Waals surface area contributed by atoms with Gasteiger partial charge in [0.15, 0.2) is 0 Å². The lowest BCUT2D eigenvalue weighted by Gasteiger charge is -2.10. The smallest absolute Gasteiger partial charge is 0.465 e. The van der Waals surface area contributed by atoms with Gasteiger partial charge in [-0.2, -0.15) is 4.98 Å². The number of hydrogen-bond donors (Lipinski definition) is 2. The number of para-hydroxylation sites is 1. The molecule has 0 aliphatic rings. The molecule has 1 heterocycles. The number of alkyl halides is 3. The van der Waals surface area contributed by atoms with Crippen molar-refractivity contribution in [2.45, 2.75) is 12.8 Å². The van der Waals surface area contributed by atoms with Crippen LogP contribution in [0.5, 0.6) is 5.75 Å². The van der Waals surface area contributed by atoms with Gasteiger partial charge in [-0.15, -0.1) is 13.2 Å². The van der Waals surface area contributed by atoms with Crippen molar-refractivity contribution < 1.29 is 32.3 Å². The maximum atomic E-state index is 12.3. The van der Waals surface area contributed by atoms with Crippen molar-refractivity contribution in [3.63, 3.8) is 0 Å². The topological polar surface area (TPSA) is 97.5 Å². The number of carbonyl (C=O) groups is 1. The third-order valence-corrected chi connectivity index (χ3v) is 2.44. The van der Waals surface area contributed by atoms with Crippen LogP contribution in [-0.2, 0) is 6.42 Å². The Hall–Kier alpha value is -2.78. The number of aromatic nitrogens is 2. The number of hydrogen-bond acceptors (Lipinski definition) is 5. The molecule has 2 N–H and O–H groups in total. The van der Waals surface area contributed by atoms with E-state index < -0.39 is 18.2 Å². The number of carboxylic acid groups (broad SMARTS) is 1. The van der Waals surface area contributed by atoms with Crippen LogP contribution >= 0.6 is 0 Å². The molecule has 22 heavy (non-hydrogen) atoms. The molecule has 0 bridgehead atoms. The molecule has 2 rings (SSSR count). The first kappa shape index (κ1) is 15.6. The predicted octanol–water partition coefficient (Wildman–Crippen LogP) is 2.45. The Morgan fingerprint density at radius 1 is 1.36 bits per heavy atom. The normalized spacial score (nSPS) is 11.2. The predicted molar refractivity (Wildman–Crippen MR) is 66.1 cm³/mol. The van der Waals surface area contributed by atoms with E-state index in [1.54, 1.807) is 0 Å². The van der Waals surface area contributed by atoms with E-state index in [0.717, 1.165) is 6.07 Å². The number of nitrogens with one attached hydrogen (secondary N) is 1. The fourth-order valence-corrected chi connectivity index (χ4v) is 1.61. The van der Waals surface area contributed by atoms with E-state index in [-0.39, 0.29) is 30.2 Å². The Bertz CT molecular complexity index is 657. The van der Waals surface area contributed by atoms with Crippen LogP contribution in [0.25, 0.3) is 11.4 Å². The number of ether oxygens (including phenoxy) is 1. The Kier molecular flexibility index (Phi) is 4.49. The van der Waals surface area contributed by atoms with Crippen molar-refractivity contribution in [1.29, 1.82) is 0 Å². The molecule has 1 aromatic heterocycles. The first-order valence-electron chi connectivity index (χ1n) is 5.99. The zero-order valence-corrected chi connectivity index (χ0v) is 10.9. The van der Waals surface area contributed by atoms with Crippen LogP contribution in [0.1, 0.15) is 5.89 Å². The lowest BCUT2D eigenvalue weighted by molar-refractivity contribution is -0.274. The molecular weight excluding hydrogens is 307 g/mol. The number of nitrogens with zero attached hydrogens (tertiary/aromatic N) is 2. The number of amides is 1. The SMILES string of the molecule is O=C(O)NCCc1nc(-c2ccccc2OC(F)(F)F)no1. The van der Waals surface area contributed by atoms with Crippen molar-refractivity contribution in [3.05, 3.63) is 30.2 Å². The summed E-state index contributed by atoms with van der Waals surface area (Å²) in [7, 11) is 0. The van der Waals surface area contributed by atoms with E-state index in [1.165, 1.54) is 18.2 Å². The summed E-state index contributed by atoms with van der Waals surface area (Å²) in [6.07, 6.45) is -5.93. The van der Waals surface area contributed by atoms with Gasteiger partial charge in [-0.1, -0.05) is 17.3 Å². The molecule has 0 radical (unpaired) electrons. The Morgan fingerprint density at radius 3 is 2.77 bits per heavy atom. The summed E-state index contributed by atoms with van der Waals surface area (Å²) in [6.45, 7) is 0.0393. The average Bonchev–Trinajstić information content (AvgIpc) is 2.85. The molecule has 0 saturated carbocycles. The lowest BCUT2D eigenvalue weighted by Crippen LogP contribution is -2.23. The highest BCUT2D eigenvalue weighted by Crippen LogP contribution is 2.32. The summed E-state index contributed by atoms with van der Waals surface area (Å²) in [4.78, 5) is 14.2. The largest absolute Gasteiger partial charge is 0.573 e. The standard InChI is InChI=1S/C12H10F3N3O4/c13-12(14,15)21-8-4-2-1-3-7(8)10-17-9(22-18-10)5-6-16-11(19)20/h1-4,16H,5-6H2,(H,19,20). The second kappa shape index (κ2) is 6.33. The second-order valence-electron chi connectivity index (χ2n) is 4.04. The van der Waals surface area contributed by atoms with Crippen LogP contribution in [0.15, 0.2) is 28.8 Å². The van der Waals surface area contributed by atoms with Gasteiger partial charge >= 0.3 is 12.5 Å². The van der Waals surface area contributed by atoms with Gasteiger partial charge in [-0.05, 0) is 12.1 Å². The summed E-state index contributed by atoms with van der Waals surface area (Å²) in [5.74, 6) is -0.443. The highest BCUT2D eigenvalue weighted by molar-refractivity contribution is 5.64. The minimum absolute atomic E-state index is 0.0148. The number of halogens is 3. The van der Waals surface area contributed by atoms with Gasteiger partial charge in [0.05, 0.1) is 5.56 Å². The zero-order chi connectivity index (χ0) is 16.2. The molecule has 0 atom stereocenters. The average molecular weight is 317 g/mol. The van der Waals surface area contributed by atoms with Crippen molar-refractivity contribution in [2.24, 2.45) is 0 Å². The van der Waals surface area contributed by atoms with Crippen LogP contribution in [0.4, 0.5) is 18.0 Å². The molecule has 7 nitrogen and oxygen atoms in total. The van der Waals surface area contributed by atoms with Gasteiger partial charge in [0.2, 0.25) is 11.7 Å². The van der Waals surface area contributed by atoms with E-state index in [0.29, 0.717) is 0 Å². The maximum absolute atomic E-state index is 12.3. The van der Waals surface area contributed by atoms with Gasteiger partial charge < -0.3 is 19.7 Å². The number of rotatable bonds is 5. The van der Waals surface area contributed by atoms with Crippen LogP contribution in [0.2, 0.25) is 0 Å². The van der Waals surface area contributed by atoms with Crippen molar-refractivity contribution in [2.75, 3.05) is 6.54 Å². The quantitative estimate of drug-likeness (QED) is 0.879. The van der Waals surface area contributed by atoms with Crippen LogP contribution in [0, 0.1) is 0 Å². The summed E-state index contributed by atoms with van der Waals surface area (Å²) in [5.41, 5.74) is 0.0148. The zero-order valence-electron chi connectivity index (χ0n) is 10.9. The van der Waals surface area contributed by atoms with Crippen LogP contribution < -0.4 is 10.1 Å². The minimum atomic E-state index is -4.84. The monoisotopic (exact) mass is 317 g/mol. The first-order chi connectivity index (χ1) is 10.3. The van der Waals surface area contributed by atoms with Crippen LogP contribution in [-0.4, -0.2) is 34.2 Å². The second-order valence-corrected chi connectivity index (χ2v) is 4.04. The molecule has 0 aliphatic carbocycles. The fraction of sp³-hybridized carbons (Fsp3) is 0.250. The van der Waals surface area contributed by atoms with Crippen LogP contribution in [0.3, 0.4) is 0 Å². The van der Waals surface area contributed by atoms with Gasteiger partial charge in [0, 0.05) is 13.0 Å². The maximum Gasteiger partial charge on any atom is 0.573 e. The molecule has 118 valence electrons. The summed E-state index contributed by atoms with van der Waals surface area (Å²) in [5, 5.41) is 14.1. The summed E-state index contributed by atoms with van der Waals surface area (Å²) in [6, 6.07) is 5.36. The van der Waals surface area contributed by atoms with E-state index >= 15 is 0 Å². The van der Waals surface area contributed by atoms with E-state index in [2.05, 4.69) is 20.2 Å². The minimum Gasteiger partial charge on any atom is -0.465 e. The van der Waals surface area contributed by atoms with Gasteiger partial charge in [-0.25, -0.2) is 4.79 Å². The van der Waals surface area contributed by atoms with E-state index in [4.69, 9.17) is 9.63 Å². The molecule has 0 aliphatic heterocycles. The summed E-state index contributed by atoms with van der Waals surface area (Å²) < 4.78 is 45.8. The third-order valence-electron chi connectivity index (χ3n) is 2.44. The lowest BCUT2D eigenvalue weighted by atomic mass is 10.2. The summed E-state index contributed by atoms with van der Waals surface area (Å²) >= 11 is 0. The molecule has 0 saturated heterocycles. The molecule has 2 aromatic rings. The van der Waals surface area contributed by atoms with Crippen molar-refractivity contribution in [3.8, 4) is 17.1 Å². The Morgan fingerprint density at radius 2 is 2.09 bits per heavy atom. The third kappa shape index (κ3) is 4.36. The van der Waals surface area contributed by atoms with E-state index in [9.17, 15) is 18.0 Å². The first-order valence-corrected chi connectivity index (χ1v) is 5.99. The van der Waals surface area contributed by atoms with E-state index in [1.807, 2.05) is 0 Å². The molecule has 1 amide bonds. The Labute approximate surface area is 121 Å². The fourth-order valence-electron chi connectivity index (χ4n) is 1.61. The molecule has 0 unspecified atom stereocenters. The highest BCUT2D eigenvalue weighted by Gasteiger charge is 2.32. The van der Waals surface area contributed by atoms with Gasteiger partial charge in [0.25, 0.3) is 0 Å². The number of benzene rings is 1. The van der Waals surface area contributed by atoms with Crippen molar-refractivity contribution >= 4 is 6.09 Å².